The van der Waals surface area contributed by atoms with Crippen LogP contribution in [-0.2, 0) is 6.54 Å². The molecular formula is C22H21N5O3S2. The molecule has 0 unspecified atom stereocenters. The number of fused-ring (bicyclic) bond motifs is 1. The predicted octanol–water partition coefficient (Wildman–Crippen LogP) is 5.37. The fourth-order valence-electron chi connectivity index (χ4n) is 4.42. The van der Waals surface area contributed by atoms with E-state index >= 15 is 0 Å². The zero-order chi connectivity index (χ0) is 22.2. The third-order valence-electron chi connectivity index (χ3n) is 5.87. The second-order valence-electron chi connectivity index (χ2n) is 7.75. The number of thiophene rings is 2. The lowest BCUT2D eigenvalue weighted by atomic mass is 9.79. The summed E-state index contributed by atoms with van der Waals surface area (Å²) in [5.74, 6) is -0.468. The van der Waals surface area contributed by atoms with Crippen molar-refractivity contribution >= 4 is 46.1 Å². The lowest BCUT2D eigenvalue weighted by Crippen LogP contribution is -2.32. The van der Waals surface area contributed by atoms with Crippen LogP contribution in [-0.4, -0.2) is 31.3 Å². The van der Waals surface area contributed by atoms with Crippen molar-refractivity contribution in [2.45, 2.75) is 38.8 Å². The van der Waals surface area contributed by atoms with E-state index in [1.807, 2.05) is 35.9 Å². The number of hydrogen-bond donors (Lipinski definition) is 0. The molecule has 0 radical (unpaired) electrons. The van der Waals surface area contributed by atoms with Gasteiger partial charge in [0.05, 0.1) is 16.7 Å². The molecule has 2 aliphatic rings. The number of nitrogens with zero attached hydrogens (tertiary/aromatic N) is 5. The smallest absolute Gasteiger partial charge is 0.265 e. The predicted molar refractivity (Wildman–Crippen MR) is 125 cm³/mol. The standard InChI is InChI=1S/C22H21N5O3S2/c1-2-25-13-17(27(29)30)20(23-25)22(28)26-21(18-9-5-11-32-18)16-8-3-6-14(19(16)24-26)12-15-7-4-10-31-15/h4-5,7,9-13,16,21H,2-3,6,8H2,1H3/b14-12-/t16-,21-/m0/s1. The van der Waals surface area contributed by atoms with Crippen LogP contribution in [0.25, 0.3) is 6.08 Å². The normalized spacial score (nSPS) is 21.6. The highest BCUT2D eigenvalue weighted by atomic mass is 32.1. The molecule has 3 aromatic rings. The molecule has 3 aromatic heterocycles. The first-order chi connectivity index (χ1) is 15.6. The Labute approximate surface area is 192 Å². The number of hydrogen-bond acceptors (Lipinski definition) is 7. The van der Waals surface area contributed by atoms with Crippen molar-refractivity contribution in [1.82, 2.24) is 14.8 Å². The van der Waals surface area contributed by atoms with E-state index in [4.69, 9.17) is 5.10 Å². The quantitative estimate of drug-likeness (QED) is 0.372. The van der Waals surface area contributed by atoms with Crippen LogP contribution >= 0.6 is 22.7 Å². The van der Waals surface area contributed by atoms with Gasteiger partial charge in [-0.25, -0.2) is 5.01 Å². The molecule has 0 aromatic carbocycles. The molecule has 0 N–H and O–H groups in total. The highest BCUT2D eigenvalue weighted by Gasteiger charge is 2.46. The maximum Gasteiger partial charge on any atom is 0.320 e. The molecule has 2 atom stereocenters. The second kappa shape index (κ2) is 8.44. The van der Waals surface area contributed by atoms with Crippen molar-refractivity contribution < 1.29 is 9.72 Å². The van der Waals surface area contributed by atoms with Gasteiger partial charge in [0, 0.05) is 22.2 Å². The van der Waals surface area contributed by atoms with Gasteiger partial charge in [-0.1, -0.05) is 12.1 Å². The first-order valence-corrected chi connectivity index (χ1v) is 12.2. The van der Waals surface area contributed by atoms with E-state index in [1.165, 1.54) is 15.9 Å². The average Bonchev–Trinajstić information content (AvgIpc) is 3.58. The first-order valence-electron chi connectivity index (χ1n) is 10.5. The molecule has 0 spiro atoms. The van der Waals surface area contributed by atoms with Crippen molar-refractivity contribution in [3.8, 4) is 0 Å². The minimum atomic E-state index is -0.551. The van der Waals surface area contributed by atoms with Gasteiger partial charge in [0.1, 0.15) is 6.20 Å². The van der Waals surface area contributed by atoms with Crippen LogP contribution in [0, 0.1) is 16.0 Å². The summed E-state index contributed by atoms with van der Waals surface area (Å²) < 4.78 is 1.42. The van der Waals surface area contributed by atoms with E-state index in [0.717, 1.165) is 40.3 Å². The van der Waals surface area contributed by atoms with Gasteiger partial charge in [-0.3, -0.25) is 19.6 Å². The summed E-state index contributed by atoms with van der Waals surface area (Å²) in [6.45, 7) is 2.26. The average molecular weight is 468 g/mol. The van der Waals surface area contributed by atoms with E-state index in [9.17, 15) is 14.9 Å². The Balaban J connectivity index is 1.59. The highest BCUT2D eigenvalue weighted by Crippen LogP contribution is 2.46. The monoisotopic (exact) mass is 467 g/mol. The van der Waals surface area contributed by atoms with Crippen molar-refractivity contribution in [1.29, 1.82) is 0 Å². The molecular weight excluding hydrogens is 446 g/mol. The Kier molecular flexibility index (Phi) is 5.48. The number of aryl methyl sites for hydroxylation is 1. The van der Waals surface area contributed by atoms with Crippen molar-refractivity contribution in [2.75, 3.05) is 0 Å². The third kappa shape index (κ3) is 3.59. The number of aromatic nitrogens is 2. The number of allylic oxidation sites excluding steroid dienone is 1. The van der Waals surface area contributed by atoms with Gasteiger partial charge in [-0.15, -0.1) is 22.7 Å². The summed E-state index contributed by atoms with van der Waals surface area (Å²) in [6, 6.07) is 7.76. The number of carbonyl (C=O) groups excluding carboxylic acids is 1. The molecule has 1 aliphatic heterocycles. The third-order valence-corrected chi connectivity index (χ3v) is 7.63. The van der Waals surface area contributed by atoms with Crippen LogP contribution in [0.5, 0.6) is 0 Å². The zero-order valence-corrected chi connectivity index (χ0v) is 19.0. The van der Waals surface area contributed by atoms with Crippen molar-refractivity contribution in [3.63, 3.8) is 0 Å². The number of amides is 1. The van der Waals surface area contributed by atoms with Gasteiger partial charge >= 0.3 is 11.6 Å². The lowest BCUT2D eigenvalue weighted by Gasteiger charge is -2.28. The molecule has 0 bridgehead atoms. The number of nitro groups is 1. The van der Waals surface area contributed by atoms with E-state index in [-0.39, 0.29) is 23.3 Å². The second-order valence-corrected chi connectivity index (χ2v) is 9.71. The Morgan fingerprint density at radius 2 is 2.12 bits per heavy atom. The molecule has 5 rings (SSSR count). The summed E-state index contributed by atoms with van der Waals surface area (Å²) in [4.78, 5) is 26.8. The Morgan fingerprint density at radius 1 is 1.31 bits per heavy atom. The molecule has 4 heterocycles. The molecule has 1 amide bonds. The molecule has 10 heteroatoms. The molecule has 1 aliphatic carbocycles. The zero-order valence-electron chi connectivity index (χ0n) is 17.4. The van der Waals surface area contributed by atoms with Crippen LogP contribution < -0.4 is 0 Å². The topological polar surface area (TPSA) is 93.6 Å². The summed E-state index contributed by atoms with van der Waals surface area (Å²) in [6.07, 6.45) is 6.29. The van der Waals surface area contributed by atoms with Gasteiger partial charge in [-0.05, 0) is 60.7 Å². The van der Waals surface area contributed by atoms with Crippen LogP contribution in [0.2, 0.25) is 0 Å². The number of carbonyl (C=O) groups is 1. The van der Waals surface area contributed by atoms with E-state index in [0.29, 0.717) is 6.54 Å². The van der Waals surface area contributed by atoms with Gasteiger partial charge in [0.15, 0.2) is 0 Å². The van der Waals surface area contributed by atoms with Gasteiger partial charge in [-0.2, -0.15) is 10.2 Å². The summed E-state index contributed by atoms with van der Waals surface area (Å²) in [5, 5.41) is 26.1. The largest absolute Gasteiger partial charge is 0.320 e. The molecule has 164 valence electrons. The molecule has 8 nitrogen and oxygen atoms in total. The maximum atomic E-state index is 13.6. The van der Waals surface area contributed by atoms with Crippen LogP contribution in [0.4, 0.5) is 5.69 Å². The maximum absolute atomic E-state index is 13.6. The Hall–Kier alpha value is -3.11. The SMILES string of the molecule is CCn1cc([N+](=O)[O-])c(C(=O)N2N=C3/C(=C\c4cccs4)CCC[C@@H]3[C@H]2c2cccs2)n1. The molecule has 1 saturated carbocycles. The molecule has 0 saturated heterocycles. The fraction of sp³-hybridized carbons (Fsp3) is 0.318. The first kappa shape index (κ1) is 20.8. The number of rotatable bonds is 5. The van der Waals surface area contributed by atoms with Crippen molar-refractivity contribution in [3.05, 3.63) is 72.4 Å². The molecule has 32 heavy (non-hydrogen) atoms. The minimum Gasteiger partial charge on any atom is -0.265 e. The molecule has 1 fully saturated rings. The Morgan fingerprint density at radius 3 is 2.81 bits per heavy atom. The Bertz CT molecular complexity index is 1210. The summed E-state index contributed by atoms with van der Waals surface area (Å²) in [5.41, 5.74) is 1.60. The van der Waals surface area contributed by atoms with Crippen LogP contribution in [0.1, 0.15) is 52.5 Å². The highest BCUT2D eigenvalue weighted by molar-refractivity contribution is 7.11. The lowest BCUT2D eigenvalue weighted by molar-refractivity contribution is -0.385. The summed E-state index contributed by atoms with van der Waals surface area (Å²) >= 11 is 3.24. The van der Waals surface area contributed by atoms with E-state index in [1.54, 1.807) is 22.7 Å². The van der Waals surface area contributed by atoms with E-state index < -0.39 is 10.8 Å². The van der Waals surface area contributed by atoms with Gasteiger partial charge in [0.2, 0.25) is 5.69 Å². The van der Waals surface area contributed by atoms with Gasteiger partial charge in [0.25, 0.3) is 0 Å². The minimum absolute atomic E-state index is 0.0601. The fourth-order valence-corrected chi connectivity index (χ4v) is 5.98. The van der Waals surface area contributed by atoms with E-state index in [2.05, 4.69) is 17.2 Å². The number of hydrazone groups is 1. The van der Waals surface area contributed by atoms with Crippen LogP contribution in [0.15, 0.2) is 51.9 Å². The van der Waals surface area contributed by atoms with Gasteiger partial charge < -0.3 is 0 Å². The van der Waals surface area contributed by atoms with Crippen LogP contribution in [0.3, 0.4) is 0 Å². The van der Waals surface area contributed by atoms with Crippen molar-refractivity contribution in [2.24, 2.45) is 11.0 Å². The summed E-state index contributed by atoms with van der Waals surface area (Å²) in [7, 11) is 0.